The van der Waals surface area contributed by atoms with Crippen LogP contribution in [0.15, 0.2) is 146 Å². The van der Waals surface area contributed by atoms with E-state index in [1.54, 1.807) is 0 Å². The Bertz CT molecular complexity index is 2600. The van der Waals surface area contributed by atoms with Crippen LogP contribution in [0.25, 0.3) is 87.5 Å². The van der Waals surface area contributed by atoms with Gasteiger partial charge in [0, 0.05) is 38.0 Å². The minimum Gasteiger partial charge on any atom is -0.309 e. The zero-order valence-electron chi connectivity index (χ0n) is 22.8. The average Bonchev–Trinajstić information content (AvgIpc) is 3.58. The molecule has 194 valence electrons. The van der Waals surface area contributed by atoms with E-state index in [4.69, 9.17) is 0 Å². The third-order valence-corrected chi connectivity index (χ3v) is 9.24. The van der Waals surface area contributed by atoms with Crippen LogP contribution in [0.5, 0.6) is 0 Å². The van der Waals surface area contributed by atoms with Crippen molar-refractivity contribution in [3.05, 3.63) is 146 Å². The highest BCUT2D eigenvalue weighted by Crippen LogP contribution is 2.42. The largest absolute Gasteiger partial charge is 0.309 e. The number of fused-ring (bicyclic) bond motifs is 9. The Labute approximate surface area is 241 Å². The van der Waals surface area contributed by atoms with Gasteiger partial charge in [0.2, 0.25) is 0 Å². The van der Waals surface area contributed by atoms with E-state index in [1.165, 1.54) is 87.5 Å². The molecule has 0 spiro atoms. The van der Waals surface area contributed by atoms with Gasteiger partial charge < -0.3 is 8.97 Å². The summed E-state index contributed by atoms with van der Waals surface area (Å²) in [6.45, 7) is 0. The quantitative estimate of drug-likeness (QED) is 0.155. The van der Waals surface area contributed by atoms with Crippen LogP contribution in [0.1, 0.15) is 0 Å². The molecule has 0 bridgehead atoms. The Kier molecular flexibility index (Phi) is 4.21. The van der Waals surface area contributed by atoms with Crippen LogP contribution in [0.2, 0.25) is 0 Å². The Morgan fingerprint density at radius 3 is 1.69 bits per heavy atom. The SMILES string of the molecule is c1cc2ccc3c4cc(-c5ccc(-n6c7ccccc7c7ccccc76)cc5)ccc4n4c5ccccc5c(c1)c2c34. The molecule has 0 aliphatic heterocycles. The first-order chi connectivity index (χ1) is 20.8. The normalized spacial score (nSPS) is 12.3. The molecule has 10 rings (SSSR count). The molecule has 0 saturated carbocycles. The van der Waals surface area contributed by atoms with Crippen molar-refractivity contribution >= 4 is 70.7 Å². The third-order valence-electron chi connectivity index (χ3n) is 9.24. The molecule has 0 fully saturated rings. The number of nitrogens with zero attached hydrogens (tertiary/aromatic N) is 2. The first-order valence-corrected chi connectivity index (χ1v) is 14.5. The number of hydrogen-bond donors (Lipinski definition) is 0. The predicted octanol–water partition coefficient (Wildman–Crippen LogP) is 10.8. The molecule has 0 atom stereocenters. The zero-order valence-corrected chi connectivity index (χ0v) is 22.8. The van der Waals surface area contributed by atoms with Gasteiger partial charge in [0.15, 0.2) is 0 Å². The molecule has 0 aliphatic carbocycles. The summed E-state index contributed by atoms with van der Waals surface area (Å²) < 4.78 is 4.85. The molecule has 0 aliphatic rings. The number of hydrogen-bond acceptors (Lipinski definition) is 0. The fourth-order valence-corrected chi connectivity index (χ4v) is 7.43. The summed E-state index contributed by atoms with van der Waals surface area (Å²) >= 11 is 0. The van der Waals surface area contributed by atoms with Gasteiger partial charge in [-0.05, 0) is 64.4 Å². The molecular formula is C40H24N2. The molecule has 2 nitrogen and oxygen atoms in total. The van der Waals surface area contributed by atoms with Crippen molar-refractivity contribution in [1.29, 1.82) is 0 Å². The molecule has 0 amide bonds. The van der Waals surface area contributed by atoms with Crippen molar-refractivity contribution < 1.29 is 0 Å². The second-order valence-electron chi connectivity index (χ2n) is 11.4. The van der Waals surface area contributed by atoms with Crippen LogP contribution >= 0.6 is 0 Å². The minimum absolute atomic E-state index is 1.18. The number of para-hydroxylation sites is 3. The molecule has 10 aromatic rings. The van der Waals surface area contributed by atoms with Gasteiger partial charge in [0.1, 0.15) is 0 Å². The second kappa shape index (κ2) is 7.99. The van der Waals surface area contributed by atoms with Gasteiger partial charge in [-0.2, -0.15) is 0 Å². The summed E-state index contributed by atoms with van der Waals surface area (Å²) in [6, 6.07) is 53.5. The predicted molar refractivity (Wildman–Crippen MR) is 178 cm³/mol. The molecule has 0 N–H and O–H groups in total. The lowest BCUT2D eigenvalue weighted by molar-refractivity contribution is 1.18. The second-order valence-corrected chi connectivity index (χ2v) is 11.4. The summed E-state index contributed by atoms with van der Waals surface area (Å²) in [5.74, 6) is 0. The van der Waals surface area contributed by atoms with Crippen molar-refractivity contribution in [3.8, 4) is 16.8 Å². The fourth-order valence-electron chi connectivity index (χ4n) is 7.43. The fraction of sp³-hybridized carbons (Fsp3) is 0. The first kappa shape index (κ1) is 22.1. The molecule has 0 saturated heterocycles. The van der Waals surface area contributed by atoms with Crippen molar-refractivity contribution in [3.63, 3.8) is 0 Å². The van der Waals surface area contributed by atoms with E-state index in [2.05, 4.69) is 155 Å². The summed E-state index contributed by atoms with van der Waals surface area (Å²) in [5, 5.41) is 10.4. The van der Waals surface area contributed by atoms with Crippen LogP contribution in [0.3, 0.4) is 0 Å². The van der Waals surface area contributed by atoms with Crippen LogP contribution < -0.4 is 0 Å². The minimum atomic E-state index is 1.18. The topological polar surface area (TPSA) is 9.34 Å². The molecule has 3 heterocycles. The highest BCUT2D eigenvalue weighted by Gasteiger charge is 2.18. The Balaban J connectivity index is 1.19. The Morgan fingerprint density at radius 2 is 0.952 bits per heavy atom. The van der Waals surface area contributed by atoms with E-state index in [0.717, 1.165) is 0 Å². The van der Waals surface area contributed by atoms with Gasteiger partial charge in [0.05, 0.1) is 27.6 Å². The van der Waals surface area contributed by atoms with E-state index in [1.807, 2.05) is 0 Å². The Morgan fingerprint density at radius 1 is 0.357 bits per heavy atom. The summed E-state index contributed by atoms with van der Waals surface area (Å²) in [4.78, 5) is 0. The molecule has 3 aromatic heterocycles. The number of pyridine rings is 1. The summed E-state index contributed by atoms with van der Waals surface area (Å²) in [5.41, 5.74) is 9.93. The number of benzene rings is 7. The molecule has 42 heavy (non-hydrogen) atoms. The standard InChI is InChI=1S/C40H24N2/c1-4-13-35-29(9-1)30-10-2-5-14-36(30)41(35)28-20-16-25(17-21-28)27-19-23-38-34(24-27)33-22-18-26-8-7-12-32-31-11-3-6-15-37(31)42(38)40(33)39(26)32/h1-24H. The van der Waals surface area contributed by atoms with Crippen LogP contribution in [0, 0.1) is 0 Å². The van der Waals surface area contributed by atoms with Crippen LogP contribution in [0.4, 0.5) is 0 Å². The van der Waals surface area contributed by atoms with Crippen molar-refractivity contribution in [2.24, 2.45) is 0 Å². The summed E-state index contributed by atoms with van der Waals surface area (Å²) in [6.07, 6.45) is 0. The molecule has 0 unspecified atom stereocenters. The van der Waals surface area contributed by atoms with E-state index < -0.39 is 0 Å². The molecule has 0 radical (unpaired) electrons. The van der Waals surface area contributed by atoms with Gasteiger partial charge in [-0.1, -0.05) is 103 Å². The average molecular weight is 533 g/mol. The first-order valence-electron chi connectivity index (χ1n) is 14.5. The lowest BCUT2D eigenvalue weighted by atomic mass is 9.98. The highest BCUT2D eigenvalue weighted by atomic mass is 15.0. The van der Waals surface area contributed by atoms with E-state index in [0.29, 0.717) is 0 Å². The van der Waals surface area contributed by atoms with E-state index >= 15 is 0 Å². The van der Waals surface area contributed by atoms with Gasteiger partial charge in [-0.15, -0.1) is 0 Å². The van der Waals surface area contributed by atoms with Crippen molar-refractivity contribution in [2.45, 2.75) is 0 Å². The zero-order chi connectivity index (χ0) is 27.4. The van der Waals surface area contributed by atoms with E-state index in [9.17, 15) is 0 Å². The smallest absolute Gasteiger partial charge is 0.0625 e. The van der Waals surface area contributed by atoms with Gasteiger partial charge >= 0.3 is 0 Å². The lowest BCUT2D eigenvalue weighted by Crippen LogP contribution is -1.93. The maximum absolute atomic E-state index is 2.48. The third kappa shape index (κ3) is 2.78. The highest BCUT2D eigenvalue weighted by molar-refractivity contribution is 6.28. The maximum Gasteiger partial charge on any atom is 0.0625 e. The number of rotatable bonds is 2. The number of aromatic nitrogens is 2. The van der Waals surface area contributed by atoms with Crippen molar-refractivity contribution in [2.75, 3.05) is 0 Å². The molecule has 2 heteroatoms. The van der Waals surface area contributed by atoms with Gasteiger partial charge in [-0.3, -0.25) is 0 Å². The Hall–Kier alpha value is -5.60. The van der Waals surface area contributed by atoms with Gasteiger partial charge in [0.25, 0.3) is 0 Å². The van der Waals surface area contributed by atoms with Crippen molar-refractivity contribution in [1.82, 2.24) is 8.97 Å². The molecular weight excluding hydrogens is 508 g/mol. The maximum atomic E-state index is 2.48. The summed E-state index contributed by atoms with van der Waals surface area (Å²) in [7, 11) is 0. The molecule has 7 aromatic carbocycles. The van der Waals surface area contributed by atoms with Gasteiger partial charge in [-0.25, -0.2) is 0 Å². The van der Waals surface area contributed by atoms with E-state index in [-0.39, 0.29) is 0 Å². The van der Waals surface area contributed by atoms with Crippen LogP contribution in [-0.4, -0.2) is 8.97 Å². The monoisotopic (exact) mass is 532 g/mol. The van der Waals surface area contributed by atoms with Crippen LogP contribution in [-0.2, 0) is 0 Å². The lowest BCUT2D eigenvalue weighted by Gasteiger charge is -2.12.